The molecule has 0 radical (unpaired) electrons. The third-order valence-corrected chi connectivity index (χ3v) is 0.652. The zero-order valence-corrected chi connectivity index (χ0v) is 8.70. The average Bonchev–Trinajstić information content (AvgIpc) is 2.17. The number of carboxylic acids is 4. The van der Waals surface area contributed by atoms with Gasteiger partial charge in [-0.05, 0) is 0 Å². The summed E-state index contributed by atoms with van der Waals surface area (Å²) in [5, 5.41) is 30.6. The highest BCUT2D eigenvalue weighted by Gasteiger charge is 2.01. The molecule has 17 heavy (non-hydrogen) atoms. The molecule has 0 aromatic rings. The van der Waals surface area contributed by atoms with E-state index >= 15 is 0 Å². The van der Waals surface area contributed by atoms with Crippen LogP contribution < -0.4 is 0 Å². The summed E-state index contributed by atoms with van der Waals surface area (Å²) in [4.78, 5) is 37.4. The highest BCUT2D eigenvalue weighted by Crippen LogP contribution is 1.74. The second-order valence-electron chi connectivity index (χ2n) is 2.05. The third kappa shape index (κ3) is 60.0. The second kappa shape index (κ2) is 13.4. The largest absolute Gasteiger partial charge is 0.481 e. The van der Waals surface area contributed by atoms with Gasteiger partial charge in [0.25, 0.3) is 0 Å². The van der Waals surface area contributed by atoms with Gasteiger partial charge in [-0.2, -0.15) is 0 Å². The number of hydrogen-bond donors (Lipinski definition) is 4. The first-order valence-electron chi connectivity index (χ1n) is 3.81. The van der Waals surface area contributed by atoms with Crippen molar-refractivity contribution in [3.05, 3.63) is 25.3 Å². The smallest absolute Gasteiger partial charge is 0.327 e. The topological polar surface area (TPSA) is 149 Å². The first-order chi connectivity index (χ1) is 7.67. The lowest BCUT2D eigenvalue weighted by Gasteiger charge is -1.80. The van der Waals surface area contributed by atoms with Crippen molar-refractivity contribution in [2.45, 2.75) is 6.42 Å². The maximum Gasteiger partial charge on any atom is 0.327 e. The first-order valence-corrected chi connectivity index (χ1v) is 3.81. The van der Waals surface area contributed by atoms with Gasteiger partial charge >= 0.3 is 23.9 Å². The van der Waals surface area contributed by atoms with Crippen molar-refractivity contribution < 1.29 is 39.6 Å². The monoisotopic (exact) mass is 248 g/mol. The van der Waals surface area contributed by atoms with E-state index in [0.29, 0.717) is 0 Å². The lowest BCUT2D eigenvalue weighted by Crippen LogP contribution is -2.03. The van der Waals surface area contributed by atoms with Crippen LogP contribution in [0.5, 0.6) is 0 Å². The van der Waals surface area contributed by atoms with E-state index in [1.807, 2.05) is 0 Å². The van der Waals surface area contributed by atoms with E-state index in [4.69, 9.17) is 20.4 Å². The Balaban J connectivity index is -0.000000177. The molecular weight excluding hydrogens is 236 g/mol. The molecule has 8 nitrogen and oxygen atoms in total. The Kier molecular flexibility index (Phi) is 15.6. The Morgan fingerprint density at radius 1 is 0.765 bits per heavy atom. The van der Waals surface area contributed by atoms with Crippen LogP contribution in [0.25, 0.3) is 0 Å². The van der Waals surface area contributed by atoms with E-state index in [1.54, 1.807) is 0 Å². The second-order valence-corrected chi connectivity index (χ2v) is 2.05. The van der Waals surface area contributed by atoms with Crippen molar-refractivity contribution in [2.24, 2.45) is 0 Å². The van der Waals surface area contributed by atoms with Gasteiger partial charge in [-0.1, -0.05) is 13.2 Å². The minimum atomic E-state index is -1.31. The van der Waals surface area contributed by atoms with Crippen molar-refractivity contribution in [1.82, 2.24) is 0 Å². The van der Waals surface area contributed by atoms with Crippen LogP contribution >= 0.6 is 0 Å². The number of carboxylic acid groups (broad SMARTS) is 4. The maximum absolute atomic E-state index is 9.43. The van der Waals surface area contributed by atoms with Gasteiger partial charge in [0.05, 0.1) is 0 Å². The summed E-state index contributed by atoms with van der Waals surface area (Å²) in [6.45, 7) is 5.92. The molecule has 0 aliphatic rings. The summed E-state index contributed by atoms with van der Waals surface area (Å²) in [7, 11) is 0. The molecule has 0 aromatic heterocycles. The van der Waals surface area contributed by atoms with Crippen LogP contribution in [0.1, 0.15) is 6.42 Å². The van der Waals surface area contributed by atoms with Crippen LogP contribution in [-0.2, 0) is 19.2 Å². The zero-order chi connectivity index (χ0) is 14.4. The Hall–Kier alpha value is -2.64. The molecule has 0 bridgehead atoms. The summed E-state index contributed by atoms with van der Waals surface area (Å²) in [6.07, 6.45) is 0.861. The van der Waals surface area contributed by atoms with Gasteiger partial charge in [-0.15, -0.1) is 0 Å². The molecule has 0 heterocycles. The van der Waals surface area contributed by atoms with Crippen molar-refractivity contribution >= 4 is 23.9 Å². The molecule has 0 saturated heterocycles. The van der Waals surface area contributed by atoms with Crippen LogP contribution in [0, 0.1) is 0 Å². The summed E-state index contributed by atoms with van der Waals surface area (Å²) in [5.41, 5.74) is 0. The van der Waals surface area contributed by atoms with Gasteiger partial charge < -0.3 is 20.4 Å². The standard InChI is InChI=1S/C3H4O4.2C3H4O2/c4-2(5)1-3(6)7;2*1-2-3(4)5/h1H2,(H,4,5)(H,6,7);2*2H,1H2,(H,4,5). The average molecular weight is 248 g/mol. The predicted molar refractivity (Wildman–Crippen MR) is 55.6 cm³/mol. The molecule has 4 N–H and O–H groups in total. The van der Waals surface area contributed by atoms with E-state index in [-0.39, 0.29) is 0 Å². The minimum absolute atomic E-state index is 0.806. The quantitative estimate of drug-likeness (QED) is 0.403. The molecule has 0 saturated carbocycles. The van der Waals surface area contributed by atoms with Gasteiger partial charge in [0.15, 0.2) is 0 Å². The lowest BCUT2D eigenvalue weighted by atomic mass is 10.5. The van der Waals surface area contributed by atoms with Crippen molar-refractivity contribution in [3.63, 3.8) is 0 Å². The van der Waals surface area contributed by atoms with Gasteiger partial charge in [0.1, 0.15) is 6.42 Å². The molecule has 0 rings (SSSR count). The molecule has 8 heteroatoms. The van der Waals surface area contributed by atoms with Gasteiger partial charge in [-0.25, -0.2) is 9.59 Å². The van der Waals surface area contributed by atoms with Crippen LogP contribution in [-0.4, -0.2) is 44.3 Å². The number of hydrogen-bond acceptors (Lipinski definition) is 4. The fourth-order valence-electron chi connectivity index (χ4n) is 0.129. The minimum Gasteiger partial charge on any atom is -0.481 e. The van der Waals surface area contributed by atoms with Crippen LogP contribution in [0.2, 0.25) is 0 Å². The van der Waals surface area contributed by atoms with Crippen LogP contribution in [0.4, 0.5) is 0 Å². The van der Waals surface area contributed by atoms with Crippen molar-refractivity contribution in [2.75, 3.05) is 0 Å². The number of aliphatic carboxylic acids is 4. The van der Waals surface area contributed by atoms with E-state index in [9.17, 15) is 19.2 Å². The van der Waals surface area contributed by atoms with Crippen molar-refractivity contribution in [1.29, 1.82) is 0 Å². The first kappa shape index (κ1) is 19.9. The summed E-state index contributed by atoms with van der Waals surface area (Å²) < 4.78 is 0. The van der Waals surface area contributed by atoms with Crippen LogP contribution in [0.15, 0.2) is 25.3 Å². The molecule has 0 aromatic carbocycles. The Bertz CT molecular complexity index is 274. The number of rotatable bonds is 4. The highest BCUT2D eigenvalue weighted by molar-refractivity contribution is 5.88. The van der Waals surface area contributed by atoms with E-state index in [1.165, 1.54) is 0 Å². The molecule has 96 valence electrons. The third-order valence-electron chi connectivity index (χ3n) is 0.652. The van der Waals surface area contributed by atoms with E-state index in [0.717, 1.165) is 12.2 Å². The van der Waals surface area contributed by atoms with Gasteiger partial charge in [-0.3, -0.25) is 9.59 Å². The van der Waals surface area contributed by atoms with E-state index in [2.05, 4.69) is 13.2 Å². The van der Waals surface area contributed by atoms with E-state index < -0.39 is 30.3 Å². The number of carbonyl (C=O) groups is 4. The summed E-state index contributed by atoms with van der Waals surface area (Å²) in [6, 6.07) is 0. The van der Waals surface area contributed by atoms with Crippen LogP contribution in [0.3, 0.4) is 0 Å². The molecule has 0 aliphatic heterocycles. The molecule has 0 aliphatic carbocycles. The molecule has 0 fully saturated rings. The molecule has 0 spiro atoms. The Labute approximate surface area is 96.1 Å². The van der Waals surface area contributed by atoms with Gasteiger partial charge in [0.2, 0.25) is 0 Å². The van der Waals surface area contributed by atoms with Crippen molar-refractivity contribution in [3.8, 4) is 0 Å². The highest BCUT2D eigenvalue weighted by atomic mass is 16.4. The van der Waals surface area contributed by atoms with Gasteiger partial charge in [0, 0.05) is 12.2 Å². The maximum atomic E-state index is 9.43. The Morgan fingerprint density at radius 3 is 0.941 bits per heavy atom. The SMILES string of the molecule is C=CC(=O)O.C=CC(=O)O.O=C(O)CC(=O)O. The predicted octanol–water partition coefficient (Wildman–Crippen LogP) is 0.0597. The fraction of sp³-hybridized carbons (Fsp3) is 0.111. The summed E-state index contributed by atoms with van der Waals surface area (Å²) >= 11 is 0. The Morgan fingerprint density at radius 2 is 0.941 bits per heavy atom. The molecular formula is C9H12O8. The fourth-order valence-corrected chi connectivity index (χ4v) is 0.129. The zero-order valence-electron chi connectivity index (χ0n) is 8.70. The normalized spacial score (nSPS) is 7.06. The summed E-state index contributed by atoms with van der Waals surface area (Å²) in [5.74, 6) is -4.59. The molecule has 0 atom stereocenters. The lowest BCUT2D eigenvalue weighted by molar-refractivity contribution is -0.147. The molecule has 0 amide bonds. The molecule has 0 unspecified atom stereocenters.